The molecule has 2 aromatic rings. The number of aliphatic hydroxyl groups excluding tert-OH is 1. The number of hydrogen-bond donors (Lipinski definition) is 2. The maximum Gasteiger partial charge on any atom is 0.223 e. The van der Waals surface area contributed by atoms with Gasteiger partial charge in [0.2, 0.25) is 5.91 Å². The van der Waals surface area contributed by atoms with Crippen molar-refractivity contribution in [3.63, 3.8) is 0 Å². The highest BCUT2D eigenvalue weighted by Crippen LogP contribution is 2.55. The fraction of sp³-hybridized carbons (Fsp3) is 0.500. The molecular weight excluding hydrogens is 294 g/mol. The number of thiophene rings is 1. The molecule has 2 N–H and O–H groups in total. The average Bonchev–Trinajstić information content (AvgIpc) is 3.12. The second-order valence-electron chi connectivity index (χ2n) is 6.59. The summed E-state index contributed by atoms with van der Waals surface area (Å²) in [6.45, 7) is 0.321. The highest BCUT2D eigenvalue weighted by molar-refractivity contribution is 7.19. The molecule has 3 nitrogen and oxygen atoms in total. The third-order valence-corrected chi connectivity index (χ3v) is 6.42. The number of nitrogens with one attached hydrogen (secondary N) is 1. The number of rotatable bonds is 4. The molecule has 2 saturated carbocycles. The molecule has 0 aliphatic heterocycles. The number of carbonyl (C=O) groups is 1. The number of carbonyl (C=O) groups excluding carboxylic acids is 1. The van der Waals surface area contributed by atoms with E-state index in [0.29, 0.717) is 18.4 Å². The van der Waals surface area contributed by atoms with Crippen molar-refractivity contribution in [1.82, 2.24) is 5.32 Å². The Balaban J connectivity index is 1.36. The first-order chi connectivity index (χ1) is 10.7. The summed E-state index contributed by atoms with van der Waals surface area (Å²) in [5.74, 6) is 1.61. The van der Waals surface area contributed by atoms with Gasteiger partial charge in [-0.1, -0.05) is 31.0 Å². The molecule has 1 aromatic carbocycles. The van der Waals surface area contributed by atoms with Crippen molar-refractivity contribution in [2.45, 2.75) is 31.8 Å². The van der Waals surface area contributed by atoms with Gasteiger partial charge in [0.15, 0.2) is 0 Å². The number of amides is 1. The monoisotopic (exact) mass is 315 g/mol. The van der Waals surface area contributed by atoms with Crippen molar-refractivity contribution in [2.75, 3.05) is 6.54 Å². The standard InChI is InChI=1S/C18H21NO2S/c20-14(16-9-11-5-1-4-8-15(11)22-16)10-19-18(21)17-12-6-2-3-7-13(12)17/h1,4-5,8-9,12-14,17,20H,2-3,6-7,10H2,(H,19,21). The lowest BCUT2D eigenvalue weighted by atomic mass is 10.0. The maximum absolute atomic E-state index is 12.3. The first-order valence-corrected chi connectivity index (χ1v) is 9.00. The normalized spacial score (nSPS) is 28.1. The second kappa shape index (κ2) is 5.67. The van der Waals surface area contributed by atoms with Crippen LogP contribution < -0.4 is 5.32 Å². The fourth-order valence-electron chi connectivity index (χ4n) is 3.96. The maximum atomic E-state index is 12.3. The lowest BCUT2D eigenvalue weighted by Gasteiger charge is -2.10. The van der Waals surface area contributed by atoms with Crippen molar-refractivity contribution < 1.29 is 9.90 Å². The zero-order valence-electron chi connectivity index (χ0n) is 12.5. The highest BCUT2D eigenvalue weighted by atomic mass is 32.1. The Hall–Kier alpha value is -1.39. The third-order valence-electron chi connectivity index (χ3n) is 5.20. The van der Waals surface area contributed by atoms with Crippen LogP contribution >= 0.6 is 11.3 Å². The van der Waals surface area contributed by atoms with E-state index in [2.05, 4.69) is 17.4 Å². The van der Waals surface area contributed by atoms with E-state index in [1.807, 2.05) is 18.2 Å². The van der Waals surface area contributed by atoms with Crippen molar-refractivity contribution >= 4 is 27.3 Å². The number of hydrogen-bond acceptors (Lipinski definition) is 3. The van der Waals surface area contributed by atoms with Crippen LogP contribution in [0.15, 0.2) is 30.3 Å². The van der Waals surface area contributed by atoms with Gasteiger partial charge in [-0.3, -0.25) is 4.79 Å². The summed E-state index contributed by atoms with van der Waals surface area (Å²) in [4.78, 5) is 13.2. The molecule has 0 radical (unpaired) electrons. The first kappa shape index (κ1) is 14.2. The zero-order chi connectivity index (χ0) is 15.1. The average molecular weight is 315 g/mol. The van der Waals surface area contributed by atoms with E-state index >= 15 is 0 Å². The Morgan fingerprint density at radius 3 is 2.73 bits per heavy atom. The van der Waals surface area contributed by atoms with E-state index < -0.39 is 6.10 Å². The molecule has 1 amide bonds. The minimum atomic E-state index is -0.609. The van der Waals surface area contributed by atoms with Crippen molar-refractivity contribution in [1.29, 1.82) is 0 Å². The van der Waals surface area contributed by atoms with Gasteiger partial charge in [0.05, 0.1) is 0 Å². The summed E-state index contributed by atoms with van der Waals surface area (Å²) in [5.41, 5.74) is 0. The lowest BCUT2D eigenvalue weighted by Crippen LogP contribution is -2.30. The van der Waals surface area contributed by atoms with E-state index in [-0.39, 0.29) is 11.8 Å². The Morgan fingerprint density at radius 2 is 2.00 bits per heavy atom. The molecule has 0 spiro atoms. The van der Waals surface area contributed by atoms with E-state index in [1.165, 1.54) is 30.4 Å². The van der Waals surface area contributed by atoms with Crippen LogP contribution in [-0.4, -0.2) is 17.6 Å². The molecule has 2 aliphatic carbocycles. The predicted molar refractivity (Wildman–Crippen MR) is 88.7 cm³/mol. The molecule has 22 heavy (non-hydrogen) atoms. The molecule has 2 aliphatic rings. The summed E-state index contributed by atoms with van der Waals surface area (Å²) in [5, 5.41) is 14.4. The first-order valence-electron chi connectivity index (χ1n) is 8.18. The largest absolute Gasteiger partial charge is 0.386 e. The molecular formula is C18H21NO2S. The van der Waals surface area contributed by atoms with Gasteiger partial charge in [0.1, 0.15) is 6.10 Å². The van der Waals surface area contributed by atoms with Crippen molar-refractivity contribution in [2.24, 2.45) is 17.8 Å². The smallest absolute Gasteiger partial charge is 0.223 e. The molecule has 116 valence electrons. The van der Waals surface area contributed by atoms with Crippen LogP contribution in [0.5, 0.6) is 0 Å². The highest BCUT2D eigenvalue weighted by Gasteiger charge is 2.54. The molecule has 3 atom stereocenters. The Bertz CT molecular complexity index is 650. The molecule has 2 fully saturated rings. The van der Waals surface area contributed by atoms with Crippen LogP contribution in [0, 0.1) is 17.8 Å². The van der Waals surface area contributed by atoms with Crippen molar-refractivity contribution in [3.05, 3.63) is 35.2 Å². The van der Waals surface area contributed by atoms with Gasteiger partial charge in [-0.05, 0) is 42.2 Å². The van der Waals surface area contributed by atoms with Crippen LogP contribution in [0.1, 0.15) is 36.7 Å². The lowest BCUT2D eigenvalue weighted by molar-refractivity contribution is -0.123. The van der Waals surface area contributed by atoms with Crippen molar-refractivity contribution in [3.8, 4) is 0 Å². The Labute approximate surface area is 134 Å². The Kier molecular flexibility index (Phi) is 3.66. The van der Waals surface area contributed by atoms with Gasteiger partial charge in [-0.25, -0.2) is 0 Å². The van der Waals surface area contributed by atoms with E-state index in [4.69, 9.17) is 0 Å². The predicted octanol–water partition coefficient (Wildman–Crippen LogP) is 3.49. The van der Waals surface area contributed by atoms with E-state index in [1.54, 1.807) is 11.3 Å². The summed E-state index contributed by atoms with van der Waals surface area (Å²) in [6, 6.07) is 10.1. The third kappa shape index (κ3) is 2.55. The van der Waals surface area contributed by atoms with Crippen LogP contribution in [0.25, 0.3) is 10.1 Å². The second-order valence-corrected chi connectivity index (χ2v) is 7.70. The Morgan fingerprint density at radius 1 is 1.27 bits per heavy atom. The number of benzene rings is 1. The van der Waals surface area contributed by atoms with Crippen LogP contribution in [-0.2, 0) is 4.79 Å². The SMILES string of the molecule is O=C(NCC(O)c1cc2ccccc2s1)C1C2CCCCC21. The van der Waals surface area contributed by atoms with Crippen LogP contribution in [0.2, 0.25) is 0 Å². The van der Waals surface area contributed by atoms with Gasteiger partial charge in [-0.15, -0.1) is 11.3 Å². The topological polar surface area (TPSA) is 49.3 Å². The number of fused-ring (bicyclic) bond motifs is 2. The molecule has 1 aromatic heterocycles. The zero-order valence-corrected chi connectivity index (χ0v) is 13.3. The quantitative estimate of drug-likeness (QED) is 0.907. The van der Waals surface area contributed by atoms with E-state index in [9.17, 15) is 9.90 Å². The van der Waals surface area contributed by atoms with E-state index in [0.717, 1.165) is 10.3 Å². The van der Waals surface area contributed by atoms with Crippen LogP contribution in [0.3, 0.4) is 0 Å². The summed E-state index contributed by atoms with van der Waals surface area (Å²) in [6.07, 6.45) is 4.36. The molecule has 1 heterocycles. The van der Waals surface area contributed by atoms with Gasteiger partial charge in [-0.2, -0.15) is 0 Å². The fourth-order valence-corrected chi connectivity index (χ4v) is 5.01. The molecule has 0 bridgehead atoms. The van der Waals surface area contributed by atoms with Gasteiger partial charge in [0, 0.05) is 22.0 Å². The van der Waals surface area contributed by atoms with Gasteiger partial charge in [0.25, 0.3) is 0 Å². The summed E-state index contributed by atoms with van der Waals surface area (Å²) < 4.78 is 1.18. The number of aliphatic hydroxyl groups is 1. The van der Waals surface area contributed by atoms with Crippen LogP contribution in [0.4, 0.5) is 0 Å². The van der Waals surface area contributed by atoms with Gasteiger partial charge >= 0.3 is 0 Å². The summed E-state index contributed by atoms with van der Waals surface area (Å²) >= 11 is 1.60. The molecule has 3 unspecified atom stereocenters. The molecule has 4 rings (SSSR count). The molecule has 0 saturated heterocycles. The minimum Gasteiger partial charge on any atom is -0.386 e. The minimum absolute atomic E-state index is 0.150. The summed E-state index contributed by atoms with van der Waals surface area (Å²) in [7, 11) is 0. The molecule has 4 heteroatoms. The van der Waals surface area contributed by atoms with Gasteiger partial charge < -0.3 is 10.4 Å².